The molecule has 2 aromatic heterocycles. The van der Waals surface area contributed by atoms with Gasteiger partial charge in [-0.25, -0.2) is 4.98 Å². The van der Waals surface area contributed by atoms with Crippen LogP contribution in [0.25, 0.3) is 16.2 Å². The summed E-state index contributed by atoms with van der Waals surface area (Å²) in [5.41, 5.74) is 4.75. The molecule has 20 heavy (non-hydrogen) atoms. The van der Waals surface area contributed by atoms with Crippen molar-refractivity contribution < 1.29 is 0 Å². The average Bonchev–Trinajstić information content (AvgIpc) is 2.94. The van der Waals surface area contributed by atoms with E-state index in [1.165, 1.54) is 21.7 Å². The number of halogens is 1. The number of hydrogen-bond donors (Lipinski definition) is 0. The Labute approximate surface area is 128 Å². The maximum absolute atomic E-state index is 5.88. The standard InChI is InChI=1S/C16H17ClN2S/c1-10(2)12-4-6-13(7-5-12)15-11(3)20-16-18-14(8-17)9-19(15)16/h4-7,9-10H,8H2,1-3H3. The second-order valence-corrected chi connectivity index (χ2v) is 6.75. The molecule has 0 spiro atoms. The Bertz CT molecular complexity index is 738. The van der Waals surface area contributed by atoms with Gasteiger partial charge in [0.25, 0.3) is 0 Å². The average molecular weight is 305 g/mol. The van der Waals surface area contributed by atoms with Gasteiger partial charge in [-0.2, -0.15) is 0 Å². The first kappa shape index (κ1) is 13.7. The number of fused-ring (bicyclic) bond motifs is 1. The maximum atomic E-state index is 5.88. The minimum Gasteiger partial charge on any atom is -0.290 e. The van der Waals surface area contributed by atoms with Crippen molar-refractivity contribution in [3.05, 3.63) is 46.6 Å². The summed E-state index contributed by atoms with van der Waals surface area (Å²) in [5.74, 6) is 1.02. The van der Waals surface area contributed by atoms with E-state index >= 15 is 0 Å². The van der Waals surface area contributed by atoms with E-state index < -0.39 is 0 Å². The third-order valence-corrected chi connectivity index (χ3v) is 4.77. The fraction of sp³-hybridized carbons (Fsp3) is 0.312. The molecule has 0 saturated heterocycles. The Morgan fingerprint density at radius 2 is 1.95 bits per heavy atom. The van der Waals surface area contributed by atoms with Gasteiger partial charge in [-0.15, -0.1) is 22.9 Å². The first-order valence-electron chi connectivity index (χ1n) is 6.74. The molecule has 0 amide bonds. The number of aryl methyl sites for hydroxylation is 1. The zero-order valence-corrected chi connectivity index (χ0v) is 13.4. The van der Waals surface area contributed by atoms with Crippen LogP contribution < -0.4 is 0 Å². The molecule has 4 heteroatoms. The summed E-state index contributed by atoms with van der Waals surface area (Å²) in [6.45, 7) is 6.57. The number of hydrogen-bond acceptors (Lipinski definition) is 2. The molecule has 0 bridgehead atoms. The highest BCUT2D eigenvalue weighted by molar-refractivity contribution is 7.17. The smallest absolute Gasteiger partial charge is 0.194 e. The molecule has 0 N–H and O–H groups in total. The molecule has 3 rings (SSSR count). The minimum absolute atomic E-state index is 0.458. The number of rotatable bonds is 3. The highest BCUT2D eigenvalue weighted by Gasteiger charge is 2.13. The minimum atomic E-state index is 0.458. The van der Waals surface area contributed by atoms with Crippen molar-refractivity contribution in [3.63, 3.8) is 0 Å². The first-order chi connectivity index (χ1) is 9.60. The van der Waals surface area contributed by atoms with Crippen LogP contribution in [0.2, 0.25) is 0 Å². The monoisotopic (exact) mass is 304 g/mol. The van der Waals surface area contributed by atoms with Gasteiger partial charge in [0.05, 0.1) is 17.3 Å². The van der Waals surface area contributed by atoms with Gasteiger partial charge in [0.2, 0.25) is 0 Å². The fourth-order valence-electron chi connectivity index (χ4n) is 2.43. The van der Waals surface area contributed by atoms with Crippen molar-refractivity contribution in [2.45, 2.75) is 32.6 Å². The van der Waals surface area contributed by atoms with Crippen molar-refractivity contribution in [2.75, 3.05) is 0 Å². The summed E-state index contributed by atoms with van der Waals surface area (Å²) in [5, 5.41) is 0. The Balaban J connectivity index is 2.12. The van der Waals surface area contributed by atoms with Gasteiger partial charge >= 0.3 is 0 Å². The molecular formula is C16H17ClN2S. The van der Waals surface area contributed by atoms with Crippen LogP contribution in [0.5, 0.6) is 0 Å². The van der Waals surface area contributed by atoms with Crippen LogP contribution in [0, 0.1) is 6.92 Å². The van der Waals surface area contributed by atoms with Gasteiger partial charge < -0.3 is 0 Å². The van der Waals surface area contributed by atoms with Gasteiger partial charge in [0.1, 0.15) is 0 Å². The zero-order valence-electron chi connectivity index (χ0n) is 11.9. The molecule has 0 aliphatic rings. The van der Waals surface area contributed by atoms with E-state index in [9.17, 15) is 0 Å². The van der Waals surface area contributed by atoms with Crippen molar-refractivity contribution in [2.24, 2.45) is 0 Å². The number of imidazole rings is 1. The lowest BCUT2D eigenvalue weighted by Gasteiger charge is -2.07. The van der Waals surface area contributed by atoms with Gasteiger partial charge in [-0.05, 0) is 24.0 Å². The predicted octanol–water partition coefficient (Wildman–Crippen LogP) is 5.23. The molecule has 3 aromatic rings. The highest BCUT2D eigenvalue weighted by Crippen LogP contribution is 2.32. The van der Waals surface area contributed by atoms with Gasteiger partial charge in [0.15, 0.2) is 4.96 Å². The molecule has 0 aliphatic heterocycles. The van der Waals surface area contributed by atoms with Crippen LogP contribution in [-0.4, -0.2) is 9.38 Å². The van der Waals surface area contributed by atoms with Gasteiger partial charge in [0, 0.05) is 11.1 Å². The van der Waals surface area contributed by atoms with E-state index in [0.29, 0.717) is 11.8 Å². The lowest BCUT2D eigenvalue weighted by atomic mass is 10.0. The third-order valence-electron chi connectivity index (χ3n) is 3.53. The summed E-state index contributed by atoms with van der Waals surface area (Å²) in [6, 6.07) is 8.82. The van der Waals surface area contributed by atoms with E-state index in [1.54, 1.807) is 11.3 Å². The third kappa shape index (κ3) is 2.25. The quantitative estimate of drug-likeness (QED) is 0.605. The Morgan fingerprint density at radius 1 is 1.25 bits per heavy atom. The zero-order chi connectivity index (χ0) is 14.3. The lowest BCUT2D eigenvalue weighted by molar-refractivity contribution is 0.867. The topological polar surface area (TPSA) is 17.3 Å². The van der Waals surface area contributed by atoms with Crippen molar-refractivity contribution in [1.29, 1.82) is 0 Å². The second kappa shape index (κ2) is 5.23. The molecule has 1 aromatic carbocycles. The largest absolute Gasteiger partial charge is 0.290 e. The SMILES string of the molecule is Cc1sc2nc(CCl)cn2c1-c1ccc(C(C)C)cc1. The van der Waals surface area contributed by atoms with Crippen molar-refractivity contribution in [1.82, 2.24) is 9.38 Å². The number of nitrogens with zero attached hydrogens (tertiary/aromatic N) is 2. The molecule has 0 radical (unpaired) electrons. The summed E-state index contributed by atoms with van der Waals surface area (Å²) >= 11 is 7.59. The van der Waals surface area contributed by atoms with Crippen LogP contribution in [0.4, 0.5) is 0 Å². The summed E-state index contributed by atoms with van der Waals surface area (Å²) < 4.78 is 2.15. The lowest BCUT2D eigenvalue weighted by Crippen LogP contribution is -1.90. The van der Waals surface area contributed by atoms with Crippen LogP contribution >= 0.6 is 22.9 Å². The molecule has 2 nitrogen and oxygen atoms in total. The first-order valence-corrected chi connectivity index (χ1v) is 8.09. The van der Waals surface area contributed by atoms with E-state index in [4.69, 9.17) is 11.6 Å². The van der Waals surface area contributed by atoms with E-state index in [2.05, 4.69) is 54.4 Å². The van der Waals surface area contributed by atoms with Crippen LogP contribution in [-0.2, 0) is 5.88 Å². The summed E-state index contributed by atoms with van der Waals surface area (Å²) in [4.78, 5) is 6.83. The molecular weight excluding hydrogens is 288 g/mol. The summed E-state index contributed by atoms with van der Waals surface area (Å²) in [6.07, 6.45) is 2.04. The predicted molar refractivity (Wildman–Crippen MR) is 86.9 cm³/mol. The number of thiazole rings is 1. The van der Waals surface area contributed by atoms with Crippen LogP contribution in [0.15, 0.2) is 30.5 Å². The molecule has 0 atom stereocenters. The molecule has 0 unspecified atom stereocenters. The highest BCUT2D eigenvalue weighted by atomic mass is 35.5. The van der Waals surface area contributed by atoms with Crippen molar-refractivity contribution >= 4 is 27.9 Å². The van der Waals surface area contributed by atoms with E-state index in [1.807, 2.05) is 6.20 Å². The van der Waals surface area contributed by atoms with Gasteiger partial charge in [-0.1, -0.05) is 38.1 Å². The second-order valence-electron chi connectivity index (χ2n) is 5.30. The molecule has 0 fully saturated rings. The molecule has 104 valence electrons. The summed E-state index contributed by atoms with van der Waals surface area (Å²) in [7, 11) is 0. The van der Waals surface area contributed by atoms with Crippen molar-refractivity contribution in [3.8, 4) is 11.3 Å². The molecule has 2 heterocycles. The Morgan fingerprint density at radius 3 is 2.55 bits per heavy atom. The number of alkyl halides is 1. The van der Waals surface area contributed by atoms with Crippen LogP contribution in [0.1, 0.15) is 35.9 Å². The molecule has 0 saturated carbocycles. The number of benzene rings is 1. The normalized spacial score (nSPS) is 11.7. The number of aromatic nitrogens is 2. The fourth-order valence-corrected chi connectivity index (χ4v) is 3.55. The Kier molecular flexibility index (Phi) is 3.57. The molecule has 0 aliphatic carbocycles. The maximum Gasteiger partial charge on any atom is 0.194 e. The van der Waals surface area contributed by atoms with Gasteiger partial charge in [-0.3, -0.25) is 4.40 Å². The van der Waals surface area contributed by atoms with Crippen LogP contribution in [0.3, 0.4) is 0 Å². The van der Waals surface area contributed by atoms with E-state index in [0.717, 1.165) is 10.7 Å². The van der Waals surface area contributed by atoms with E-state index in [-0.39, 0.29) is 0 Å². The Hall–Kier alpha value is -1.32.